The number of hydrogen-bond donors (Lipinski definition) is 2. The Balaban J connectivity index is 1.79. The Hall–Kier alpha value is -1.60. The predicted octanol–water partition coefficient (Wildman–Crippen LogP) is 2.62. The molecule has 6 nitrogen and oxygen atoms in total. The van der Waals surface area contributed by atoms with Crippen LogP contribution in [0, 0.1) is 0 Å². The van der Waals surface area contributed by atoms with E-state index in [1.54, 1.807) is 7.05 Å². The van der Waals surface area contributed by atoms with Gasteiger partial charge in [-0.05, 0) is 38.5 Å². The summed E-state index contributed by atoms with van der Waals surface area (Å²) in [5.41, 5.74) is 1.34. The van der Waals surface area contributed by atoms with E-state index in [0.29, 0.717) is 19.0 Å². The van der Waals surface area contributed by atoms with Crippen LogP contribution in [-0.2, 0) is 4.79 Å². The molecule has 150 valence electrons. The zero-order valence-electron chi connectivity index (χ0n) is 16.8. The Kier molecular flexibility index (Phi) is 8.57. The number of benzene rings is 1. The van der Waals surface area contributed by atoms with Gasteiger partial charge in [-0.25, -0.2) is 0 Å². The van der Waals surface area contributed by atoms with Crippen LogP contribution in [-0.4, -0.2) is 67.5 Å². The van der Waals surface area contributed by atoms with Crippen molar-refractivity contribution in [2.45, 2.75) is 39.3 Å². The third-order valence-corrected chi connectivity index (χ3v) is 5.34. The Morgan fingerprint density at radius 2 is 1.78 bits per heavy atom. The largest absolute Gasteiger partial charge is 0.356 e. The summed E-state index contributed by atoms with van der Waals surface area (Å²) in [7, 11) is 1.80. The zero-order valence-corrected chi connectivity index (χ0v) is 18.4. The summed E-state index contributed by atoms with van der Waals surface area (Å²) < 4.78 is 1.11. The van der Waals surface area contributed by atoms with Crippen molar-refractivity contribution in [1.29, 1.82) is 0 Å². The van der Waals surface area contributed by atoms with E-state index in [-0.39, 0.29) is 11.9 Å². The van der Waals surface area contributed by atoms with Crippen LogP contribution in [0.5, 0.6) is 0 Å². The van der Waals surface area contributed by atoms with Crippen LogP contribution in [0.15, 0.2) is 33.7 Å². The lowest BCUT2D eigenvalue weighted by Crippen LogP contribution is -2.53. The van der Waals surface area contributed by atoms with Gasteiger partial charge in [-0.1, -0.05) is 28.1 Å². The molecule has 0 aliphatic carbocycles. The predicted molar refractivity (Wildman–Crippen MR) is 115 cm³/mol. The van der Waals surface area contributed by atoms with E-state index in [9.17, 15) is 4.79 Å². The fourth-order valence-electron chi connectivity index (χ4n) is 3.29. The number of carbonyl (C=O) groups is 1. The topological polar surface area (TPSA) is 60.0 Å². The van der Waals surface area contributed by atoms with Crippen LogP contribution in [0.1, 0.15) is 38.8 Å². The standard InChI is InChI=1S/C20H32BrN5O/c1-15(2)24-19(27)9-10-23-20(22-4)26-13-11-25(12-14-26)16(3)17-5-7-18(21)8-6-17/h5-8,15-16H,9-14H2,1-4H3,(H,22,23)(H,24,27). The number of carbonyl (C=O) groups excluding carboxylic acids is 1. The number of amides is 1. The van der Waals surface area contributed by atoms with Crippen molar-refractivity contribution in [2.24, 2.45) is 4.99 Å². The summed E-state index contributed by atoms with van der Waals surface area (Å²) in [6, 6.07) is 9.15. The molecule has 0 bridgehead atoms. The summed E-state index contributed by atoms with van der Waals surface area (Å²) >= 11 is 3.50. The first-order chi connectivity index (χ1) is 12.9. The molecule has 0 saturated carbocycles. The van der Waals surface area contributed by atoms with Crippen LogP contribution in [0.25, 0.3) is 0 Å². The Labute approximate surface area is 171 Å². The molecule has 1 aromatic rings. The molecule has 1 heterocycles. The zero-order chi connectivity index (χ0) is 19.8. The van der Waals surface area contributed by atoms with Crippen LogP contribution in [0.3, 0.4) is 0 Å². The fraction of sp³-hybridized carbons (Fsp3) is 0.600. The van der Waals surface area contributed by atoms with Gasteiger partial charge >= 0.3 is 0 Å². The number of rotatable bonds is 6. The molecule has 1 aliphatic heterocycles. The molecule has 1 unspecified atom stereocenters. The summed E-state index contributed by atoms with van der Waals surface area (Å²) in [5, 5.41) is 6.23. The summed E-state index contributed by atoms with van der Waals surface area (Å²) in [6.45, 7) is 10.6. The van der Waals surface area contributed by atoms with E-state index >= 15 is 0 Å². The monoisotopic (exact) mass is 437 g/mol. The van der Waals surface area contributed by atoms with Crippen molar-refractivity contribution in [3.05, 3.63) is 34.3 Å². The molecule has 1 aliphatic rings. The number of guanidine groups is 1. The lowest BCUT2D eigenvalue weighted by atomic mass is 10.1. The Morgan fingerprint density at radius 3 is 2.33 bits per heavy atom. The molecule has 0 aromatic heterocycles. The van der Waals surface area contributed by atoms with Gasteiger partial charge in [0.05, 0.1) is 0 Å². The van der Waals surface area contributed by atoms with Gasteiger partial charge in [-0.3, -0.25) is 14.7 Å². The van der Waals surface area contributed by atoms with Crippen LogP contribution < -0.4 is 10.6 Å². The third-order valence-electron chi connectivity index (χ3n) is 4.81. The van der Waals surface area contributed by atoms with E-state index in [2.05, 4.69) is 72.5 Å². The maximum atomic E-state index is 11.8. The first-order valence-corrected chi connectivity index (χ1v) is 10.4. The maximum Gasteiger partial charge on any atom is 0.221 e. The quantitative estimate of drug-likeness (QED) is 0.530. The molecule has 1 amide bonds. The van der Waals surface area contributed by atoms with Gasteiger partial charge < -0.3 is 15.5 Å². The smallest absolute Gasteiger partial charge is 0.221 e. The van der Waals surface area contributed by atoms with Crippen molar-refractivity contribution in [3.8, 4) is 0 Å². The number of nitrogens with one attached hydrogen (secondary N) is 2. The van der Waals surface area contributed by atoms with Gasteiger partial charge in [0, 0.05) is 62.7 Å². The molecule has 0 radical (unpaired) electrons. The molecule has 7 heteroatoms. The van der Waals surface area contributed by atoms with Crippen molar-refractivity contribution < 1.29 is 4.79 Å². The molecular weight excluding hydrogens is 406 g/mol. The van der Waals surface area contributed by atoms with Crippen LogP contribution in [0.2, 0.25) is 0 Å². The molecule has 2 rings (SSSR count). The minimum Gasteiger partial charge on any atom is -0.356 e. The highest BCUT2D eigenvalue weighted by Crippen LogP contribution is 2.23. The second-order valence-corrected chi connectivity index (χ2v) is 8.11. The first-order valence-electron chi connectivity index (χ1n) is 9.65. The average molecular weight is 438 g/mol. The Morgan fingerprint density at radius 1 is 1.15 bits per heavy atom. The van der Waals surface area contributed by atoms with Gasteiger partial charge in [0.15, 0.2) is 5.96 Å². The number of nitrogens with zero attached hydrogens (tertiary/aromatic N) is 3. The van der Waals surface area contributed by atoms with E-state index in [1.165, 1.54) is 5.56 Å². The number of hydrogen-bond acceptors (Lipinski definition) is 3. The lowest BCUT2D eigenvalue weighted by Gasteiger charge is -2.39. The third kappa shape index (κ3) is 6.81. The minimum absolute atomic E-state index is 0.0705. The van der Waals surface area contributed by atoms with Gasteiger partial charge in [0.2, 0.25) is 5.91 Å². The second kappa shape index (κ2) is 10.7. The van der Waals surface area contributed by atoms with Crippen molar-refractivity contribution in [2.75, 3.05) is 39.8 Å². The van der Waals surface area contributed by atoms with Crippen molar-refractivity contribution >= 4 is 27.8 Å². The minimum atomic E-state index is 0.0705. The van der Waals surface area contributed by atoms with E-state index in [0.717, 1.165) is 36.6 Å². The molecule has 2 N–H and O–H groups in total. The number of aliphatic imine (C=N–C) groups is 1. The van der Waals surface area contributed by atoms with Crippen LogP contribution >= 0.6 is 15.9 Å². The van der Waals surface area contributed by atoms with E-state index in [1.807, 2.05) is 13.8 Å². The number of piperazine rings is 1. The highest BCUT2D eigenvalue weighted by molar-refractivity contribution is 9.10. The molecular formula is C20H32BrN5O. The van der Waals surface area contributed by atoms with Gasteiger partial charge in [0.25, 0.3) is 0 Å². The fourth-order valence-corrected chi connectivity index (χ4v) is 3.55. The van der Waals surface area contributed by atoms with Gasteiger partial charge in [-0.2, -0.15) is 0 Å². The average Bonchev–Trinajstić information content (AvgIpc) is 2.65. The van der Waals surface area contributed by atoms with E-state index < -0.39 is 0 Å². The molecule has 1 fully saturated rings. The summed E-state index contributed by atoms with van der Waals surface area (Å²) in [4.78, 5) is 20.9. The highest BCUT2D eigenvalue weighted by Gasteiger charge is 2.23. The van der Waals surface area contributed by atoms with Crippen molar-refractivity contribution in [3.63, 3.8) is 0 Å². The highest BCUT2D eigenvalue weighted by atomic mass is 79.9. The molecule has 1 aromatic carbocycles. The molecule has 0 spiro atoms. The Bertz CT molecular complexity index is 624. The summed E-state index contributed by atoms with van der Waals surface area (Å²) in [5.74, 6) is 0.949. The van der Waals surface area contributed by atoms with Gasteiger partial charge in [-0.15, -0.1) is 0 Å². The van der Waals surface area contributed by atoms with Crippen molar-refractivity contribution in [1.82, 2.24) is 20.4 Å². The molecule has 1 saturated heterocycles. The molecule has 27 heavy (non-hydrogen) atoms. The molecule has 1 atom stereocenters. The van der Waals surface area contributed by atoms with Gasteiger partial charge in [0.1, 0.15) is 0 Å². The van der Waals surface area contributed by atoms with Crippen LogP contribution in [0.4, 0.5) is 0 Å². The number of halogens is 1. The lowest BCUT2D eigenvalue weighted by molar-refractivity contribution is -0.121. The first kappa shape index (κ1) is 21.7. The van der Waals surface area contributed by atoms with E-state index in [4.69, 9.17) is 0 Å². The SMILES string of the molecule is CN=C(NCCC(=O)NC(C)C)N1CCN(C(C)c2ccc(Br)cc2)CC1. The normalized spacial score (nSPS) is 17.1. The second-order valence-electron chi connectivity index (χ2n) is 7.20. The summed E-state index contributed by atoms with van der Waals surface area (Å²) in [6.07, 6.45) is 0.456. The maximum absolute atomic E-state index is 11.8.